The molecule has 1 aliphatic rings. The number of nitrogens with one attached hydrogen (secondary N) is 1. The molecule has 1 aromatic carbocycles. The minimum atomic E-state index is -0.280. The van der Waals surface area contributed by atoms with Gasteiger partial charge in [-0.25, -0.2) is 4.39 Å². The number of halogens is 1. The van der Waals surface area contributed by atoms with Crippen LogP contribution >= 0.6 is 0 Å². The van der Waals surface area contributed by atoms with E-state index in [0.29, 0.717) is 32.6 Å². The molecule has 1 aliphatic heterocycles. The normalized spacial score (nSPS) is 19.5. The summed E-state index contributed by atoms with van der Waals surface area (Å²) in [5.74, 6) is 0.0205. The van der Waals surface area contributed by atoms with Gasteiger partial charge in [0.25, 0.3) is 0 Å². The largest absolute Gasteiger partial charge is 0.358 e. The number of carbonyl (C=O) groups is 2. The van der Waals surface area contributed by atoms with Gasteiger partial charge in [0.15, 0.2) is 0 Å². The van der Waals surface area contributed by atoms with E-state index < -0.39 is 0 Å². The summed E-state index contributed by atoms with van der Waals surface area (Å²) >= 11 is 0. The van der Waals surface area contributed by atoms with Crippen LogP contribution in [-0.4, -0.2) is 54.3 Å². The first kappa shape index (κ1) is 18.4. The van der Waals surface area contributed by atoms with Gasteiger partial charge in [-0.3, -0.25) is 14.5 Å². The molecule has 6 heteroatoms. The molecule has 0 saturated carbocycles. The van der Waals surface area contributed by atoms with E-state index >= 15 is 0 Å². The van der Waals surface area contributed by atoms with E-state index in [1.807, 2.05) is 9.80 Å². The molecule has 0 unspecified atom stereocenters. The van der Waals surface area contributed by atoms with Crippen molar-refractivity contribution in [2.75, 3.05) is 26.7 Å². The molecule has 1 aromatic rings. The summed E-state index contributed by atoms with van der Waals surface area (Å²) in [4.78, 5) is 28.2. The predicted molar refractivity (Wildman–Crippen MR) is 90.7 cm³/mol. The third-order valence-electron chi connectivity index (χ3n) is 4.49. The van der Waals surface area contributed by atoms with Gasteiger partial charge in [-0.05, 0) is 23.6 Å². The van der Waals surface area contributed by atoms with Crippen LogP contribution in [0.25, 0.3) is 0 Å². The van der Waals surface area contributed by atoms with Gasteiger partial charge in [0.05, 0.1) is 6.54 Å². The van der Waals surface area contributed by atoms with Crippen molar-refractivity contribution in [1.29, 1.82) is 0 Å². The van der Waals surface area contributed by atoms with E-state index in [-0.39, 0.29) is 29.6 Å². The SMILES string of the molecule is CNC(=O)CN1CCC(=O)N(Cc2ccc(F)cc2)[C@H](C(C)C)C1. The summed E-state index contributed by atoms with van der Waals surface area (Å²) in [6.07, 6.45) is 0.390. The molecule has 1 N–H and O–H groups in total. The summed E-state index contributed by atoms with van der Waals surface area (Å²) in [5, 5.41) is 2.63. The lowest BCUT2D eigenvalue weighted by Crippen LogP contribution is -2.47. The van der Waals surface area contributed by atoms with Crippen molar-refractivity contribution in [3.63, 3.8) is 0 Å². The Morgan fingerprint density at radius 3 is 2.58 bits per heavy atom. The van der Waals surface area contributed by atoms with E-state index in [0.717, 1.165) is 5.56 Å². The molecule has 0 aliphatic carbocycles. The van der Waals surface area contributed by atoms with Gasteiger partial charge in [0.1, 0.15) is 5.82 Å². The van der Waals surface area contributed by atoms with E-state index in [4.69, 9.17) is 0 Å². The van der Waals surface area contributed by atoms with Crippen molar-refractivity contribution < 1.29 is 14.0 Å². The zero-order chi connectivity index (χ0) is 17.7. The third kappa shape index (κ3) is 4.77. The summed E-state index contributed by atoms with van der Waals surface area (Å²) in [6.45, 7) is 6.18. The van der Waals surface area contributed by atoms with Crippen molar-refractivity contribution in [2.45, 2.75) is 32.9 Å². The first-order valence-electron chi connectivity index (χ1n) is 8.37. The number of carbonyl (C=O) groups excluding carboxylic acids is 2. The number of hydrogen-bond acceptors (Lipinski definition) is 3. The first-order chi connectivity index (χ1) is 11.4. The molecule has 0 bridgehead atoms. The highest BCUT2D eigenvalue weighted by molar-refractivity contribution is 5.79. The van der Waals surface area contributed by atoms with Gasteiger partial charge in [-0.1, -0.05) is 26.0 Å². The standard InChI is InChI=1S/C18H26FN3O2/c1-13(2)16-11-21(12-17(23)20-3)9-8-18(24)22(16)10-14-4-6-15(19)7-5-14/h4-7,13,16H,8-12H2,1-3H3,(H,20,23)/t16-/m0/s1. The van der Waals surface area contributed by atoms with Gasteiger partial charge in [-0.15, -0.1) is 0 Å². The van der Waals surface area contributed by atoms with Crippen LogP contribution in [-0.2, 0) is 16.1 Å². The fourth-order valence-electron chi connectivity index (χ4n) is 3.03. The van der Waals surface area contributed by atoms with Crippen LogP contribution < -0.4 is 5.32 Å². The maximum atomic E-state index is 13.1. The topological polar surface area (TPSA) is 52.7 Å². The fourth-order valence-corrected chi connectivity index (χ4v) is 3.03. The number of hydrogen-bond donors (Lipinski definition) is 1. The molecular weight excluding hydrogens is 309 g/mol. The molecule has 1 heterocycles. The summed E-state index contributed by atoms with van der Waals surface area (Å²) in [6, 6.07) is 6.29. The molecule has 1 atom stereocenters. The Labute approximate surface area is 142 Å². The molecular formula is C18H26FN3O2. The van der Waals surface area contributed by atoms with Crippen LogP contribution in [0.1, 0.15) is 25.8 Å². The second-order valence-corrected chi connectivity index (χ2v) is 6.62. The van der Waals surface area contributed by atoms with Gasteiger partial charge >= 0.3 is 0 Å². The Kier molecular flexibility index (Phi) is 6.31. The highest BCUT2D eigenvalue weighted by atomic mass is 19.1. The van der Waals surface area contributed by atoms with E-state index in [2.05, 4.69) is 19.2 Å². The molecule has 2 rings (SSSR count). The maximum absolute atomic E-state index is 13.1. The Morgan fingerprint density at radius 2 is 2.00 bits per heavy atom. The number of benzene rings is 1. The molecule has 2 amide bonds. The van der Waals surface area contributed by atoms with Gasteiger partial charge in [0, 0.05) is 39.1 Å². The van der Waals surface area contributed by atoms with Crippen LogP contribution in [0.2, 0.25) is 0 Å². The molecule has 1 fully saturated rings. The lowest BCUT2D eigenvalue weighted by Gasteiger charge is -2.34. The quantitative estimate of drug-likeness (QED) is 0.890. The molecule has 24 heavy (non-hydrogen) atoms. The van der Waals surface area contributed by atoms with Crippen LogP contribution in [0.15, 0.2) is 24.3 Å². The van der Waals surface area contributed by atoms with Crippen LogP contribution in [0.4, 0.5) is 4.39 Å². The van der Waals surface area contributed by atoms with Crippen molar-refractivity contribution >= 4 is 11.8 Å². The van der Waals surface area contributed by atoms with Crippen molar-refractivity contribution in [3.05, 3.63) is 35.6 Å². The average molecular weight is 335 g/mol. The highest BCUT2D eigenvalue weighted by Gasteiger charge is 2.32. The summed E-state index contributed by atoms with van der Waals surface area (Å²) < 4.78 is 13.1. The number of amides is 2. The van der Waals surface area contributed by atoms with Gasteiger partial charge < -0.3 is 10.2 Å². The molecule has 0 spiro atoms. The Bertz CT molecular complexity index is 574. The smallest absolute Gasteiger partial charge is 0.233 e. The van der Waals surface area contributed by atoms with Crippen LogP contribution in [0, 0.1) is 11.7 Å². The lowest BCUT2D eigenvalue weighted by molar-refractivity contribution is -0.134. The Balaban J connectivity index is 2.16. The second kappa shape index (κ2) is 8.24. The van der Waals surface area contributed by atoms with Gasteiger partial charge in [0.2, 0.25) is 11.8 Å². The average Bonchev–Trinajstić information content (AvgIpc) is 2.70. The van der Waals surface area contributed by atoms with Crippen LogP contribution in [0.5, 0.6) is 0 Å². The number of rotatable bonds is 5. The zero-order valence-corrected chi connectivity index (χ0v) is 14.6. The van der Waals surface area contributed by atoms with Crippen molar-refractivity contribution in [3.8, 4) is 0 Å². The van der Waals surface area contributed by atoms with E-state index in [1.54, 1.807) is 19.2 Å². The minimum Gasteiger partial charge on any atom is -0.358 e. The Hall–Kier alpha value is -1.95. The minimum absolute atomic E-state index is 0.0229. The van der Waals surface area contributed by atoms with Gasteiger partial charge in [-0.2, -0.15) is 0 Å². The summed E-state index contributed by atoms with van der Waals surface area (Å²) in [7, 11) is 1.62. The van der Waals surface area contributed by atoms with Crippen molar-refractivity contribution in [2.24, 2.45) is 5.92 Å². The number of likely N-dealkylation sites (N-methyl/N-ethyl adjacent to an activating group) is 1. The van der Waals surface area contributed by atoms with Crippen LogP contribution in [0.3, 0.4) is 0 Å². The molecule has 5 nitrogen and oxygen atoms in total. The monoisotopic (exact) mass is 335 g/mol. The molecule has 132 valence electrons. The summed E-state index contributed by atoms with van der Waals surface area (Å²) in [5.41, 5.74) is 0.912. The first-order valence-corrected chi connectivity index (χ1v) is 8.37. The lowest BCUT2D eigenvalue weighted by atomic mass is 10.0. The third-order valence-corrected chi connectivity index (χ3v) is 4.49. The highest BCUT2D eigenvalue weighted by Crippen LogP contribution is 2.21. The van der Waals surface area contributed by atoms with E-state index in [9.17, 15) is 14.0 Å². The fraction of sp³-hybridized carbons (Fsp3) is 0.556. The Morgan fingerprint density at radius 1 is 1.33 bits per heavy atom. The molecule has 0 aromatic heterocycles. The maximum Gasteiger partial charge on any atom is 0.233 e. The predicted octanol–water partition coefficient (Wildman–Crippen LogP) is 1.63. The number of nitrogens with zero attached hydrogens (tertiary/aromatic N) is 2. The van der Waals surface area contributed by atoms with Crippen molar-refractivity contribution in [1.82, 2.24) is 15.1 Å². The second-order valence-electron chi connectivity index (χ2n) is 6.62. The zero-order valence-electron chi connectivity index (χ0n) is 14.6. The molecule has 0 radical (unpaired) electrons. The van der Waals surface area contributed by atoms with E-state index in [1.165, 1.54) is 12.1 Å². The molecule has 1 saturated heterocycles.